The van der Waals surface area contributed by atoms with Crippen molar-refractivity contribution in [3.8, 4) is 22.8 Å². The summed E-state index contributed by atoms with van der Waals surface area (Å²) in [5, 5.41) is 24.5. The average molecular weight is 331 g/mol. The van der Waals surface area contributed by atoms with Crippen molar-refractivity contribution in [2.24, 2.45) is 0 Å². The number of nitrogens with zero attached hydrogens (tertiary/aromatic N) is 1. The van der Waals surface area contributed by atoms with Gasteiger partial charge < -0.3 is 14.9 Å². The minimum atomic E-state index is -1.18. The number of aromatic amines is 1. The lowest BCUT2D eigenvalue weighted by Crippen LogP contribution is -1.95. The van der Waals surface area contributed by atoms with E-state index in [-0.39, 0.29) is 27.2 Å². The first-order valence-electron chi connectivity index (χ1n) is 4.99. The molecule has 2 aromatic rings. The number of aromatic nitrogens is 2. The zero-order valence-electron chi connectivity index (χ0n) is 9.57. The van der Waals surface area contributed by atoms with Crippen molar-refractivity contribution in [1.29, 1.82) is 0 Å². The summed E-state index contributed by atoms with van der Waals surface area (Å²) < 4.78 is 18.6. The van der Waals surface area contributed by atoms with Crippen molar-refractivity contribution in [2.45, 2.75) is 0 Å². The molecule has 0 saturated heterocycles. The van der Waals surface area contributed by atoms with Crippen LogP contribution < -0.4 is 4.74 Å². The van der Waals surface area contributed by atoms with Gasteiger partial charge in [0.1, 0.15) is 5.69 Å². The molecule has 1 heterocycles. The number of carboxylic acid groups (broad SMARTS) is 1. The Balaban J connectivity index is 2.66. The number of phenols is 1. The summed E-state index contributed by atoms with van der Waals surface area (Å²) in [6.07, 6.45) is 0. The highest BCUT2D eigenvalue weighted by Gasteiger charge is 2.21. The Morgan fingerprint density at radius 2 is 2.21 bits per heavy atom. The van der Waals surface area contributed by atoms with Crippen molar-refractivity contribution < 1.29 is 24.1 Å². The standard InChI is InChI=1S/C11H8BrFN2O4/c1-19-10-8(4(12)2-5(13)9(10)16)6-3-7(11(17)18)15-14-6/h2-3,16H,1H3,(H,14,15)(H,17,18). The minimum absolute atomic E-state index is 0.129. The number of aromatic carboxylic acids is 1. The van der Waals surface area contributed by atoms with E-state index < -0.39 is 17.5 Å². The maximum atomic E-state index is 13.4. The van der Waals surface area contributed by atoms with E-state index in [1.807, 2.05) is 0 Å². The first-order valence-corrected chi connectivity index (χ1v) is 5.79. The second kappa shape index (κ2) is 4.88. The van der Waals surface area contributed by atoms with Gasteiger partial charge in [0, 0.05) is 4.47 Å². The summed E-state index contributed by atoms with van der Waals surface area (Å²) in [5.41, 5.74) is 0.328. The van der Waals surface area contributed by atoms with Crippen LogP contribution in [0.3, 0.4) is 0 Å². The molecule has 0 spiro atoms. The Kier molecular flexibility index (Phi) is 3.43. The Hall–Kier alpha value is -2.09. The fourth-order valence-corrected chi connectivity index (χ4v) is 2.17. The average Bonchev–Trinajstić information content (AvgIpc) is 2.82. The van der Waals surface area contributed by atoms with Gasteiger partial charge in [0.2, 0.25) is 0 Å². The monoisotopic (exact) mass is 330 g/mol. The number of rotatable bonds is 3. The number of H-pyrrole nitrogens is 1. The Labute approximate surface area is 115 Å². The molecule has 0 fully saturated rings. The fourth-order valence-electron chi connectivity index (χ4n) is 1.58. The number of benzene rings is 1. The zero-order valence-corrected chi connectivity index (χ0v) is 11.2. The number of carboxylic acids is 1. The smallest absolute Gasteiger partial charge is 0.353 e. The van der Waals surface area contributed by atoms with Crippen LogP contribution in [0.4, 0.5) is 4.39 Å². The number of methoxy groups -OCH3 is 1. The van der Waals surface area contributed by atoms with Gasteiger partial charge in [-0.3, -0.25) is 5.10 Å². The maximum Gasteiger partial charge on any atom is 0.353 e. The number of halogens is 2. The molecule has 0 atom stereocenters. The highest BCUT2D eigenvalue weighted by molar-refractivity contribution is 9.10. The van der Waals surface area contributed by atoms with E-state index in [1.165, 1.54) is 13.2 Å². The van der Waals surface area contributed by atoms with Gasteiger partial charge in [0.25, 0.3) is 0 Å². The number of ether oxygens (including phenoxy) is 1. The molecule has 0 bridgehead atoms. The van der Waals surface area contributed by atoms with Crippen LogP contribution >= 0.6 is 15.9 Å². The van der Waals surface area contributed by atoms with Crippen LogP contribution in [-0.4, -0.2) is 33.5 Å². The van der Waals surface area contributed by atoms with Crippen LogP contribution in [0.15, 0.2) is 16.6 Å². The molecule has 2 rings (SSSR count). The number of carbonyl (C=O) groups is 1. The van der Waals surface area contributed by atoms with E-state index in [4.69, 9.17) is 9.84 Å². The van der Waals surface area contributed by atoms with E-state index >= 15 is 0 Å². The van der Waals surface area contributed by atoms with E-state index in [2.05, 4.69) is 26.1 Å². The third-order valence-electron chi connectivity index (χ3n) is 2.43. The molecule has 0 aliphatic rings. The van der Waals surface area contributed by atoms with Crippen LogP contribution in [-0.2, 0) is 0 Å². The lowest BCUT2D eigenvalue weighted by atomic mass is 10.1. The number of nitrogens with one attached hydrogen (secondary N) is 1. The van der Waals surface area contributed by atoms with Crippen LogP contribution in [0, 0.1) is 5.82 Å². The van der Waals surface area contributed by atoms with Gasteiger partial charge in [-0.05, 0) is 28.1 Å². The van der Waals surface area contributed by atoms with Gasteiger partial charge in [-0.15, -0.1) is 0 Å². The molecular weight excluding hydrogens is 323 g/mol. The molecule has 1 aromatic carbocycles. The third-order valence-corrected chi connectivity index (χ3v) is 3.05. The largest absolute Gasteiger partial charge is 0.502 e. The van der Waals surface area contributed by atoms with Gasteiger partial charge >= 0.3 is 5.97 Å². The van der Waals surface area contributed by atoms with Gasteiger partial charge in [-0.1, -0.05) is 0 Å². The molecule has 100 valence electrons. The predicted octanol–water partition coefficient (Wildman–Crippen LogP) is 2.39. The van der Waals surface area contributed by atoms with Crippen molar-refractivity contribution in [3.63, 3.8) is 0 Å². The van der Waals surface area contributed by atoms with Crippen molar-refractivity contribution >= 4 is 21.9 Å². The lowest BCUT2D eigenvalue weighted by Gasteiger charge is -2.11. The highest BCUT2D eigenvalue weighted by Crippen LogP contribution is 2.43. The number of phenolic OH excluding ortho intramolecular Hbond substituents is 1. The Bertz CT molecular complexity index is 656. The molecule has 19 heavy (non-hydrogen) atoms. The van der Waals surface area contributed by atoms with Crippen LogP contribution in [0.5, 0.6) is 11.5 Å². The molecule has 0 saturated carbocycles. The summed E-state index contributed by atoms with van der Waals surface area (Å²) >= 11 is 3.12. The number of aromatic hydroxyl groups is 1. The van der Waals surface area contributed by atoms with Crippen LogP contribution in [0.1, 0.15) is 10.5 Å². The normalized spacial score (nSPS) is 10.5. The third kappa shape index (κ3) is 2.26. The zero-order chi connectivity index (χ0) is 14.2. The van der Waals surface area contributed by atoms with Gasteiger partial charge in [0.15, 0.2) is 17.3 Å². The Morgan fingerprint density at radius 3 is 2.74 bits per heavy atom. The molecule has 0 radical (unpaired) electrons. The molecule has 0 unspecified atom stereocenters. The molecule has 1 aromatic heterocycles. The quantitative estimate of drug-likeness (QED) is 0.803. The van der Waals surface area contributed by atoms with E-state index in [0.29, 0.717) is 0 Å². The maximum absolute atomic E-state index is 13.4. The molecule has 3 N–H and O–H groups in total. The summed E-state index contributed by atoms with van der Waals surface area (Å²) in [7, 11) is 1.26. The van der Waals surface area contributed by atoms with E-state index in [9.17, 15) is 14.3 Å². The lowest BCUT2D eigenvalue weighted by molar-refractivity contribution is 0.0690. The second-order valence-corrected chi connectivity index (χ2v) is 4.42. The first kappa shape index (κ1) is 13.3. The van der Waals surface area contributed by atoms with E-state index in [1.54, 1.807) is 0 Å². The molecule has 0 amide bonds. The molecule has 0 aliphatic heterocycles. The van der Waals surface area contributed by atoms with Crippen LogP contribution in [0.25, 0.3) is 11.3 Å². The molecule has 6 nitrogen and oxygen atoms in total. The molecular formula is C11H8BrFN2O4. The van der Waals surface area contributed by atoms with Gasteiger partial charge in [-0.2, -0.15) is 5.10 Å². The van der Waals surface area contributed by atoms with Gasteiger partial charge in [0.05, 0.1) is 18.4 Å². The van der Waals surface area contributed by atoms with Crippen molar-refractivity contribution in [3.05, 3.63) is 28.1 Å². The number of hydrogen-bond acceptors (Lipinski definition) is 4. The summed E-state index contributed by atoms with van der Waals surface area (Å²) in [4.78, 5) is 10.8. The molecule has 0 aliphatic carbocycles. The SMILES string of the molecule is COc1c(O)c(F)cc(Br)c1-c1cc(C(=O)O)[nH]n1. The summed E-state index contributed by atoms with van der Waals surface area (Å²) in [5.74, 6) is -2.84. The summed E-state index contributed by atoms with van der Waals surface area (Å²) in [6.45, 7) is 0. The van der Waals surface area contributed by atoms with E-state index in [0.717, 1.165) is 6.07 Å². The van der Waals surface area contributed by atoms with Gasteiger partial charge in [-0.25, -0.2) is 9.18 Å². The minimum Gasteiger partial charge on any atom is -0.502 e. The highest BCUT2D eigenvalue weighted by atomic mass is 79.9. The fraction of sp³-hybridized carbons (Fsp3) is 0.0909. The molecule has 8 heteroatoms. The predicted molar refractivity (Wildman–Crippen MR) is 66.9 cm³/mol. The van der Waals surface area contributed by atoms with Crippen molar-refractivity contribution in [2.75, 3.05) is 7.11 Å². The first-order chi connectivity index (χ1) is 8.95. The van der Waals surface area contributed by atoms with Crippen molar-refractivity contribution in [1.82, 2.24) is 10.2 Å². The Morgan fingerprint density at radius 1 is 1.53 bits per heavy atom. The van der Waals surface area contributed by atoms with Crippen LogP contribution in [0.2, 0.25) is 0 Å². The topological polar surface area (TPSA) is 95.4 Å². The number of hydrogen-bond donors (Lipinski definition) is 3. The summed E-state index contributed by atoms with van der Waals surface area (Å²) in [6, 6.07) is 2.30. The second-order valence-electron chi connectivity index (χ2n) is 3.57.